The number of aliphatic carboxylic acids is 1. The Morgan fingerprint density at radius 1 is 1.38 bits per heavy atom. The number of urea groups is 1. The van der Waals surface area contributed by atoms with Gasteiger partial charge in [0, 0.05) is 0 Å². The summed E-state index contributed by atoms with van der Waals surface area (Å²) in [6.07, 6.45) is -0.101. The zero-order chi connectivity index (χ0) is 10.3. The van der Waals surface area contributed by atoms with Crippen LogP contribution in [0.4, 0.5) is 4.79 Å². The van der Waals surface area contributed by atoms with Gasteiger partial charge in [-0.15, -0.1) is 0 Å². The first-order valence-corrected chi connectivity index (χ1v) is 3.41. The number of hydrogen-bond acceptors (Lipinski definition) is 4. The predicted molar refractivity (Wildman–Crippen MR) is 40.8 cm³/mol. The second-order valence-corrected chi connectivity index (χ2v) is 2.11. The van der Waals surface area contributed by atoms with Crippen LogP contribution in [0.25, 0.3) is 0 Å². The van der Waals surface area contributed by atoms with Crippen LogP contribution in [0.15, 0.2) is 0 Å². The second-order valence-electron chi connectivity index (χ2n) is 2.11. The molecular formula is C6H10N2O5. The molecule has 0 aromatic heterocycles. The normalized spacial score (nSPS) is 9.23. The van der Waals surface area contributed by atoms with Crippen molar-refractivity contribution >= 4 is 17.9 Å². The van der Waals surface area contributed by atoms with Crippen LogP contribution in [0.3, 0.4) is 0 Å². The number of carbonyl (C=O) groups excluding carboxylic acids is 2. The maximum absolute atomic E-state index is 10.7. The van der Waals surface area contributed by atoms with Crippen LogP contribution in [-0.2, 0) is 14.3 Å². The molecule has 3 amide bonds. The van der Waals surface area contributed by atoms with Gasteiger partial charge in [0.25, 0.3) is 0 Å². The van der Waals surface area contributed by atoms with Gasteiger partial charge in [-0.05, 0) is 0 Å². The lowest BCUT2D eigenvalue weighted by atomic mass is 10.4. The molecule has 0 aliphatic rings. The van der Waals surface area contributed by atoms with Crippen LogP contribution < -0.4 is 11.1 Å². The number of rotatable bonds is 5. The van der Waals surface area contributed by atoms with Gasteiger partial charge in [0.2, 0.25) is 5.91 Å². The molecule has 0 rings (SSSR count). The van der Waals surface area contributed by atoms with Crippen molar-refractivity contribution in [3.8, 4) is 0 Å². The molecule has 0 unspecified atom stereocenters. The van der Waals surface area contributed by atoms with E-state index in [1.165, 1.54) is 0 Å². The Morgan fingerprint density at radius 2 is 2.00 bits per heavy atom. The number of carbonyl (C=O) groups is 3. The van der Waals surface area contributed by atoms with E-state index in [4.69, 9.17) is 5.11 Å². The van der Waals surface area contributed by atoms with Crippen LogP contribution in [0.5, 0.6) is 0 Å². The number of hydrogen-bond donors (Lipinski definition) is 3. The van der Waals surface area contributed by atoms with E-state index < -0.39 is 24.5 Å². The highest BCUT2D eigenvalue weighted by atomic mass is 16.5. The Morgan fingerprint density at radius 3 is 2.46 bits per heavy atom. The summed E-state index contributed by atoms with van der Waals surface area (Å²) in [4.78, 5) is 30.7. The molecule has 4 N–H and O–H groups in total. The highest BCUT2D eigenvalue weighted by Gasteiger charge is 2.04. The maximum Gasteiger partial charge on any atom is 0.329 e. The van der Waals surface area contributed by atoms with Gasteiger partial charge in [-0.25, -0.2) is 9.59 Å². The number of imide groups is 1. The lowest BCUT2D eigenvalue weighted by Crippen LogP contribution is -2.35. The lowest BCUT2D eigenvalue weighted by Gasteiger charge is -2.00. The standard InChI is InChI=1S/C6H10N2O5/c7-6(12)8-4(9)1-2-13-3-5(10)11/h1-3H2,(H,10,11)(H3,7,8,9,12). The van der Waals surface area contributed by atoms with Crippen molar-refractivity contribution in [2.24, 2.45) is 5.73 Å². The van der Waals surface area contributed by atoms with Crippen LogP contribution in [0, 0.1) is 0 Å². The van der Waals surface area contributed by atoms with E-state index in [1.807, 2.05) is 0 Å². The van der Waals surface area contributed by atoms with Gasteiger partial charge in [0.05, 0.1) is 13.0 Å². The Kier molecular flexibility index (Phi) is 5.20. The van der Waals surface area contributed by atoms with E-state index in [2.05, 4.69) is 10.5 Å². The Bertz CT molecular complexity index is 215. The molecule has 13 heavy (non-hydrogen) atoms. The van der Waals surface area contributed by atoms with Crippen LogP contribution in [-0.4, -0.2) is 36.2 Å². The predicted octanol–water partition coefficient (Wildman–Crippen LogP) is -1.33. The summed E-state index contributed by atoms with van der Waals surface area (Å²) in [6, 6.07) is -0.941. The third-order valence-corrected chi connectivity index (χ3v) is 0.962. The molecule has 0 radical (unpaired) electrons. The maximum atomic E-state index is 10.7. The van der Waals surface area contributed by atoms with Gasteiger partial charge in [-0.3, -0.25) is 10.1 Å². The average Bonchev–Trinajstić information content (AvgIpc) is 1.96. The molecule has 0 fully saturated rings. The number of amides is 3. The first-order valence-electron chi connectivity index (χ1n) is 3.41. The van der Waals surface area contributed by atoms with E-state index in [0.717, 1.165) is 0 Å². The van der Waals surface area contributed by atoms with Crippen molar-refractivity contribution in [3.05, 3.63) is 0 Å². The summed E-state index contributed by atoms with van der Waals surface area (Å²) in [6.45, 7) is -0.532. The van der Waals surface area contributed by atoms with Gasteiger partial charge < -0.3 is 15.6 Å². The van der Waals surface area contributed by atoms with Crippen LogP contribution >= 0.6 is 0 Å². The molecule has 0 spiro atoms. The molecule has 74 valence electrons. The lowest BCUT2D eigenvalue weighted by molar-refractivity contribution is -0.142. The molecule has 0 aliphatic heterocycles. The van der Waals surface area contributed by atoms with Gasteiger partial charge in [0.15, 0.2) is 0 Å². The fraction of sp³-hybridized carbons (Fsp3) is 0.500. The molecule has 7 nitrogen and oxygen atoms in total. The summed E-state index contributed by atoms with van der Waals surface area (Å²) in [5, 5.41) is 9.93. The number of carboxylic acid groups (broad SMARTS) is 1. The molecule has 0 atom stereocenters. The SMILES string of the molecule is NC(=O)NC(=O)CCOCC(=O)O. The van der Waals surface area contributed by atoms with Crippen molar-refractivity contribution < 1.29 is 24.2 Å². The minimum atomic E-state index is -1.12. The number of primary amides is 1. The first kappa shape index (κ1) is 11.4. The van der Waals surface area contributed by atoms with Gasteiger partial charge in [0.1, 0.15) is 6.61 Å². The average molecular weight is 190 g/mol. The Balaban J connectivity index is 3.37. The van der Waals surface area contributed by atoms with Crippen molar-refractivity contribution in [2.75, 3.05) is 13.2 Å². The fourth-order valence-electron chi connectivity index (χ4n) is 0.524. The highest BCUT2D eigenvalue weighted by molar-refractivity contribution is 5.93. The number of ether oxygens (including phenoxy) is 1. The topological polar surface area (TPSA) is 119 Å². The summed E-state index contributed by atoms with van der Waals surface area (Å²) in [7, 11) is 0. The third-order valence-electron chi connectivity index (χ3n) is 0.962. The summed E-state index contributed by atoms with van der Waals surface area (Å²) < 4.78 is 4.53. The Hall–Kier alpha value is -1.63. The molecular weight excluding hydrogens is 180 g/mol. The van der Waals surface area contributed by atoms with Crippen molar-refractivity contribution in [2.45, 2.75) is 6.42 Å². The zero-order valence-electron chi connectivity index (χ0n) is 6.78. The summed E-state index contributed by atoms with van der Waals surface area (Å²) in [5.74, 6) is -1.71. The molecule has 0 aromatic carbocycles. The quantitative estimate of drug-likeness (QED) is 0.464. The van der Waals surface area contributed by atoms with E-state index >= 15 is 0 Å². The minimum Gasteiger partial charge on any atom is -0.480 e. The molecule has 0 saturated heterocycles. The third kappa shape index (κ3) is 8.27. The van der Waals surface area contributed by atoms with Gasteiger partial charge >= 0.3 is 12.0 Å². The highest BCUT2D eigenvalue weighted by Crippen LogP contribution is 1.82. The van der Waals surface area contributed by atoms with Crippen molar-refractivity contribution in [1.82, 2.24) is 5.32 Å². The van der Waals surface area contributed by atoms with Crippen molar-refractivity contribution in [1.29, 1.82) is 0 Å². The fourth-order valence-corrected chi connectivity index (χ4v) is 0.524. The van der Waals surface area contributed by atoms with Gasteiger partial charge in [-0.1, -0.05) is 0 Å². The summed E-state index contributed by atoms with van der Waals surface area (Å²) >= 11 is 0. The van der Waals surface area contributed by atoms with Crippen LogP contribution in [0.2, 0.25) is 0 Å². The molecule has 0 heterocycles. The second kappa shape index (κ2) is 5.95. The number of nitrogens with two attached hydrogens (primary N) is 1. The van der Waals surface area contributed by atoms with E-state index in [0.29, 0.717) is 0 Å². The zero-order valence-corrected chi connectivity index (χ0v) is 6.78. The molecule has 0 aliphatic carbocycles. The van der Waals surface area contributed by atoms with Crippen molar-refractivity contribution in [3.63, 3.8) is 0 Å². The smallest absolute Gasteiger partial charge is 0.329 e. The number of carboxylic acids is 1. The van der Waals surface area contributed by atoms with Gasteiger partial charge in [-0.2, -0.15) is 0 Å². The van der Waals surface area contributed by atoms with Crippen LogP contribution in [0.1, 0.15) is 6.42 Å². The largest absolute Gasteiger partial charge is 0.480 e. The van der Waals surface area contributed by atoms with E-state index in [9.17, 15) is 14.4 Å². The Labute approximate surface area is 73.8 Å². The minimum absolute atomic E-state index is 0.0641. The molecule has 0 bridgehead atoms. The monoisotopic (exact) mass is 190 g/mol. The molecule has 7 heteroatoms. The summed E-state index contributed by atoms with van der Waals surface area (Å²) in [5.41, 5.74) is 4.64. The first-order chi connectivity index (χ1) is 6.02. The van der Waals surface area contributed by atoms with E-state index in [1.54, 1.807) is 5.32 Å². The number of nitrogens with one attached hydrogen (secondary N) is 1. The molecule has 0 saturated carbocycles. The molecule has 0 aromatic rings. The van der Waals surface area contributed by atoms with E-state index in [-0.39, 0.29) is 13.0 Å².